The average molecular weight is 518 g/mol. The van der Waals surface area contributed by atoms with Crippen molar-refractivity contribution in [3.63, 3.8) is 0 Å². The maximum Gasteiger partial charge on any atom is 0.450 e. The standard InChI is InChI=1S/C6H2F15IS/c7-1(3(9,10)2(8)22)4(11,12)5(13,14)6(15,16)23(17,18,19,20)21/h1-2H. The highest BCUT2D eigenvalue weighted by Crippen LogP contribution is 3.06. The second-order valence-electron chi connectivity index (χ2n) is 4.02. The molecule has 0 saturated carbocycles. The fraction of sp³-hybridized carbons (Fsp3) is 1.00. The molecular weight excluding hydrogens is 516 g/mol. The van der Waals surface area contributed by atoms with Crippen LogP contribution >= 0.6 is 32.8 Å². The van der Waals surface area contributed by atoms with Crippen LogP contribution in [0.4, 0.5) is 63.3 Å². The van der Waals surface area contributed by atoms with Crippen LogP contribution in [0.1, 0.15) is 0 Å². The Morgan fingerprint density at radius 2 is 1.00 bits per heavy atom. The molecule has 0 spiro atoms. The van der Waals surface area contributed by atoms with Crippen molar-refractivity contribution in [1.29, 1.82) is 0 Å². The quantitative estimate of drug-likeness (QED) is 0.205. The van der Waals surface area contributed by atoms with E-state index in [1.54, 1.807) is 0 Å². The van der Waals surface area contributed by atoms with Gasteiger partial charge in [-0.05, 0) is 22.6 Å². The van der Waals surface area contributed by atoms with Gasteiger partial charge in [-0.15, -0.1) is 0 Å². The normalized spacial score (nSPS) is 21.4. The molecule has 0 saturated heterocycles. The summed E-state index contributed by atoms with van der Waals surface area (Å²) in [6.07, 6.45) is -5.97. The molecule has 2 unspecified atom stereocenters. The van der Waals surface area contributed by atoms with Crippen LogP contribution in [0.15, 0.2) is 0 Å². The van der Waals surface area contributed by atoms with Crippen molar-refractivity contribution in [1.82, 2.24) is 0 Å². The zero-order valence-electron chi connectivity index (χ0n) is 9.61. The number of rotatable bonds is 6. The minimum Gasteiger partial charge on any atom is -0.234 e. The molecule has 0 N–H and O–H groups in total. The van der Waals surface area contributed by atoms with Gasteiger partial charge in [0.1, 0.15) is 0 Å². The number of hydrogen-bond acceptors (Lipinski definition) is 0. The van der Waals surface area contributed by atoms with E-state index in [1.807, 2.05) is 0 Å². The molecule has 0 aliphatic carbocycles. The van der Waals surface area contributed by atoms with E-state index in [0.29, 0.717) is 0 Å². The average Bonchev–Trinajstić information content (AvgIpc) is 2.23. The summed E-state index contributed by atoms with van der Waals surface area (Å²) >= 11 is -0.174. The maximum atomic E-state index is 12.7. The first-order valence-electron chi connectivity index (χ1n) is 4.51. The van der Waals surface area contributed by atoms with Gasteiger partial charge in [-0.3, -0.25) is 0 Å². The van der Waals surface area contributed by atoms with Gasteiger partial charge in [0.25, 0.3) is 0 Å². The Balaban J connectivity index is 6.32. The minimum absolute atomic E-state index is 0.174. The van der Waals surface area contributed by atoms with Crippen LogP contribution in [0.5, 0.6) is 0 Å². The van der Waals surface area contributed by atoms with Gasteiger partial charge >= 0.3 is 33.2 Å². The van der Waals surface area contributed by atoms with Crippen molar-refractivity contribution >= 4 is 32.8 Å². The van der Waals surface area contributed by atoms with E-state index in [0.717, 1.165) is 0 Å². The Morgan fingerprint density at radius 3 is 1.22 bits per heavy atom. The van der Waals surface area contributed by atoms with E-state index < -0.39 is 43.6 Å². The van der Waals surface area contributed by atoms with Crippen molar-refractivity contribution in [2.24, 2.45) is 0 Å². The van der Waals surface area contributed by atoms with Gasteiger partial charge in [0, 0.05) is 0 Å². The van der Waals surface area contributed by atoms with Gasteiger partial charge in [-0.2, -0.15) is 35.1 Å². The summed E-state index contributed by atoms with van der Waals surface area (Å²) in [5.41, 5.74) is 0. The Morgan fingerprint density at radius 1 is 0.696 bits per heavy atom. The molecule has 0 aromatic rings. The molecule has 0 aliphatic heterocycles. The molecule has 0 fully saturated rings. The third-order valence-corrected chi connectivity index (χ3v) is 4.27. The SMILES string of the molecule is FC(I)C(F)(F)C(F)C(F)(F)C(F)(F)C(F)(F)S(F)(F)(F)(F)F. The van der Waals surface area contributed by atoms with Crippen LogP contribution in [0.3, 0.4) is 0 Å². The summed E-state index contributed by atoms with van der Waals surface area (Å²) < 4.78 is 180. The van der Waals surface area contributed by atoms with Gasteiger partial charge in [-0.25, -0.2) is 8.78 Å². The van der Waals surface area contributed by atoms with Gasteiger partial charge in [0.2, 0.25) is 10.4 Å². The second-order valence-corrected chi connectivity index (χ2v) is 7.57. The van der Waals surface area contributed by atoms with E-state index in [9.17, 15) is 63.3 Å². The summed E-state index contributed by atoms with van der Waals surface area (Å²) in [5, 5.41) is -8.87. The molecule has 0 aromatic heterocycles. The van der Waals surface area contributed by atoms with Crippen molar-refractivity contribution < 1.29 is 63.3 Å². The Bertz CT molecular complexity index is 461. The highest BCUT2D eigenvalue weighted by atomic mass is 127. The molecule has 0 nitrogen and oxygen atoms in total. The molecular formula is C6H2F15IS. The molecule has 23 heavy (non-hydrogen) atoms. The lowest BCUT2D eigenvalue weighted by Gasteiger charge is -2.49. The predicted molar refractivity (Wildman–Crippen MR) is 56.7 cm³/mol. The molecule has 2 atom stereocenters. The Labute approximate surface area is 130 Å². The van der Waals surface area contributed by atoms with Crippen molar-refractivity contribution in [3.05, 3.63) is 0 Å². The summed E-state index contributed by atoms with van der Waals surface area (Å²) in [4.78, 5) is 0. The molecule has 0 rings (SSSR count). The molecule has 0 aromatic carbocycles. The van der Waals surface area contributed by atoms with Gasteiger partial charge in [-0.1, -0.05) is 19.4 Å². The monoisotopic (exact) mass is 518 g/mol. The summed E-state index contributed by atoms with van der Waals surface area (Å²) in [5.74, 6) is -22.2. The van der Waals surface area contributed by atoms with E-state index in [-0.39, 0.29) is 22.6 Å². The molecule has 144 valence electrons. The molecule has 0 aliphatic rings. The number of halogens is 16. The fourth-order valence-electron chi connectivity index (χ4n) is 0.948. The van der Waals surface area contributed by atoms with Crippen LogP contribution in [-0.4, -0.2) is 33.4 Å². The van der Waals surface area contributed by atoms with Crippen LogP contribution in [0.2, 0.25) is 0 Å². The Hall–Kier alpha value is 0.0300. The molecule has 17 heteroatoms. The van der Waals surface area contributed by atoms with E-state index in [4.69, 9.17) is 0 Å². The van der Waals surface area contributed by atoms with Crippen molar-refractivity contribution in [2.75, 3.05) is 0 Å². The smallest absolute Gasteiger partial charge is 0.234 e. The van der Waals surface area contributed by atoms with Crippen LogP contribution in [0, 0.1) is 0 Å². The van der Waals surface area contributed by atoms with Crippen molar-refractivity contribution in [3.8, 4) is 0 Å². The Kier molecular flexibility index (Phi) is 4.81. The first-order valence-corrected chi connectivity index (χ1v) is 7.71. The van der Waals surface area contributed by atoms with Gasteiger partial charge in [0.15, 0.2) is 0 Å². The number of hydrogen-bond donors (Lipinski definition) is 0. The van der Waals surface area contributed by atoms with E-state index in [1.165, 1.54) is 0 Å². The van der Waals surface area contributed by atoms with Crippen LogP contribution in [-0.2, 0) is 0 Å². The fourth-order valence-corrected chi connectivity index (χ4v) is 1.88. The topological polar surface area (TPSA) is 0 Å². The van der Waals surface area contributed by atoms with Crippen LogP contribution < -0.4 is 0 Å². The zero-order chi connectivity index (χ0) is 19.6. The third kappa shape index (κ3) is 3.39. The third-order valence-electron chi connectivity index (χ3n) is 2.22. The summed E-state index contributed by atoms with van der Waals surface area (Å²) in [6, 6.07) is 0. The first kappa shape index (κ1) is 23.0. The van der Waals surface area contributed by atoms with Crippen LogP contribution in [0.25, 0.3) is 0 Å². The predicted octanol–water partition coefficient (Wildman–Crippen LogP) is 6.85. The maximum absolute atomic E-state index is 12.8. The second kappa shape index (κ2) is 4.80. The summed E-state index contributed by atoms with van der Waals surface area (Å²) in [6.45, 7) is 0. The molecule has 0 bridgehead atoms. The lowest BCUT2D eigenvalue weighted by atomic mass is 10.0. The van der Waals surface area contributed by atoms with Crippen molar-refractivity contribution in [2.45, 2.75) is 33.4 Å². The largest absolute Gasteiger partial charge is 0.450 e. The summed E-state index contributed by atoms with van der Waals surface area (Å²) in [7, 11) is -12.8. The molecule has 0 amide bonds. The molecule has 0 heterocycles. The first-order chi connectivity index (χ1) is 9.34. The van der Waals surface area contributed by atoms with Gasteiger partial charge in [0.05, 0.1) is 0 Å². The minimum atomic E-state index is -12.8. The molecule has 0 radical (unpaired) electrons. The van der Waals surface area contributed by atoms with E-state index >= 15 is 0 Å². The van der Waals surface area contributed by atoms with Gasteiger partial charge < -0.3 is 0 Å². The number of alkyl halides is 11. The lowest BCUT2D eigenvalue weighted by molar-refractivity contribution is -0.328. The lowest BCUT2D eigenvalue weighted by Crippen LogP contribution is -2.65. The highest BCUT2D eigenvalue weighted by molar-refractivity contribution is 14.1. The zero-order valence-corrected chi connectivity index (χ0v) is 12.6. The van der Waals surface area contributed by atoms with E-state index in [2.05, 4.69) is 0 Å². The highest BCUT2D eigenvalue weighted by Gasteiger charge is 2.96.